The fourth-order valence-electron chi connectivity index (χ4n) is 5.54. The molecule has 1 aromatic heterocycles. The first-order valence-electron chi connectivity index (χ1n) is 13.7. The van der Waals surface area contributed by atoms with E-state index < -0.39 is 13.6 Å². The Balaban J connectivity index is 1.37. The van der Waals surface area contributed by atoms with Gasteiger partial charge in [-0.3, -0.25) is 4.79 Å². The lowest BCUT2D eigenvalue weighted by Crippen LogP contribution is -2.30. The number of hydrogen-bond acceptors (Lipinski definition) is 4. The van der Waals surface area contributed by atoms with Gasteiger partial charge >= 0.3 is 7.60 Å². The SMILES string of the molecule is O=C1C(n2cc(P(=O)(Oc3ccccc3)Oc3ccccc3)c3ccccc32)c2ccccc2N1Cc1ccccc1. The lowest BCUT2D eigenvalue weighted by molar-refractivity contribution is -0.119. The molecule has 2 heterocycles. The summed E-state index contributed by atoms with van der Waals surface area (Å²) in [6, 6.07) is 42.8. The fraction of sp³-hybridized carbons (Fsp3) is 0.0571. The molecule has 0 bridgehead atoms. The summed E-state index contributed by atoms with van der Waals surface area (Å²) in [6.07, 6.45) is 1.77. The Labute approximate surface area is 243 Å². The van der Waals surface area contributed by atoms with Crippen LogP contribution in [-0.4, -0.2) is 10.5 Å². The number of rotatable bonds is 8. The van der Waals surface area contributed by atoms with Gasteiger partial charge in [0, 0.05) is 22.8 Å². The van der Waals surface area contributed by atoms with E-state index in [9.17, 15) is 9.36 Å². The molecule has 1 unspecified atom stereocenters. The molecule has 0 fully saturated rings. The Morgan fingerprint density at radius 3 is 1.86 bits per heavy atom. The van der Waals surface area contributed by atoms with E-state index in [0.29, 0.717) is 28.7 Å². The summed E-state index contributed by atoms with van der Waals surface area (Å²) in [5.41, 5.74) is 3.54. The molecule has 5 aromatic carbocycles. The summed E-state index contributed by atoms with van der Waals surface area (Å²) >= 11 is 0. The molecule has 0 aliphatic carbocycles. The van der Waals surface area contributed by atoms with E-state index in [1.54, 1.807) is 30.5 Å². The summed E-state index contributed by atoms with van der Waals surface area (Å²) in [6.45, 7) is 0.450. The summed E-state index contributed by atoms with van der Waals surface area (Å²) in [4.78, 5) is 16.0. The second kappa shape index (κ2) is 10.7. The van der Waals surface area contributed by atoms with E-state index in [0.717, 1.165) is 22.3 Å². The van der Waals surface area contributed by atoms with Gasteiger partial charge in [0.25, 0.3) is 5.91 Å². The second-order valence-corrected chi connectivity index (χ2v) is 12.0. The van der Waals surface area contributed by atoms with Crippen LogP contribution in [0.3, 0.4) is 0 Å². The van der Waals surface area contributed by atoms with E-state index in [1.807, 2.05) is 125 Å². The molecule has 206 valence electrons. The number of anilines is 1. The third-order valence-electron chi connectivity index (χ3n) is 7.44. The molecular formula is C35H27N2O4P. The van der Waals surface area contributed by atoms with Crippen LogP contribution in [0.15, 0.2) is 146 Å². The molecule has 6 nitrogen and oxygen atoms in total. The molecule has 6 aromatic rings. The third-order valence-corrected chi connectivity index (χ3v) is 9.28. The van der Waals surface area contributed by atoms with Crippen molar-refractivity contribution in [3.05, 3.63) is 157 Å². The Morgan fingerprint density at radius 1 is 0.643 bits per heavy atom. The molecule has 1 aliphatic rings. The number of nitrogens with zero attached hydrogens (tertiary/aromatic N) is 2. The molecule has 42 heavy (non-hydrogen) atoms. The van der Waals surface area contributed by atoms with Crippen LogP contribution in [0.25, 0.3) is 10.9 Å². The molecular weight excluding hydrogens is 543 g/mol. The minimum atomic E-state index is -4.00. The van der Waals surface area contributed by atoms with E-state index in [4.69, 9.17) is 9.05 Å². The highest BCUT2D eigenvalue weighted by molar-refractivity contribution is 7.63. The van der Waals surface area contributed by atoms with Crippen molar-refractivity contribution in [1.29, 1.82) is 0 Å². The number of benzene rings is 5. The van der Waals surface area contributed by atoms with Gasteiger partial charge in [0.1, 0.15) is 22.8 Å². The second-order valence-electron chi connectivity index (χ2n) is 10.1. The maximum absolute atomic E-state index is 14.9. The maximum Gasteiger partial charge on any atom is 0.465 e. The van der Waals surface area contributed by atoms with E-state index in [-0.39, 0.29) is 5.91 Å². The number of aromatic nitrogens is 1. The summed E-state index contributed by atoms with van der Waals surface area (Å²) in [5.74, 6) is 0.782. The van der Waals surface area contributed by atoms with E-state index >= 15 is 0 Å². The number of carbonyl (C=O) groups excluding carboxylic acids is 1. The zero-order valence-electron chi connectivity index (χ0n) is 22.6. The van der Waals surface area contributed by atoms with Crippen LogP contribution in [0, 0.1) is 0 Å². The summed E-state index contributed by atoms with van der Waals surface area (Å²) < 4.78 is 29.2. The molecule has 1 amide bonds. The minimum Gasteiger partial charge on any atom is -0.413 e. The highest BCUT2D eigenvalue weighted by atomic mass is 31.2. The average Bonchev–Trinajstić information content (AvgIpc) is 3.54. The van der Waals surface area contributed by atoms with Gasteiger partial charge in [-0.25, -0.2) is 4.57 Å². The van der Waals surface area contributed by atoms with Crippen LogP contribution < -0.4 is 19.3 Å². The Hall–Kier alpha value is -5.06. The number of fused-ring (bicyclic) bond motifs is 2. The van der Waals surface area contributed by atoms with Crippen LogP contribution in [-0.2, 0) is 15.9 Å². The number of carbonyl (C=O) groups is 1. The van der Waals surface area contributed by atoms with Gasteiger partial charge in [0.2, 0.25) is 0 Å². The quantitative estimate of drug-likeness (QED) is 0.176. The van der Waals surface area contributed by atoms with Crippen LogP contribution in [0.1, 0.15) is 17.2 Å². The zero-order chi connectivity index (χ0) is 28.5. The number of para-hydroxylation sites is 4. The van der Waals surface area contributed by atoms with Crippen molar-refractivity contribution in [1.82, 2.24) is 4.57 Å². The predicted octanol–water partition coefficient (Wildman–Crippen LogP) is 7.75. The maximum atomic E-state index is 14.9. The Morgan fingerprint density at radius 2 is 1.19 bits per heavy atom. The normalized spacial score (nSPS) is 14.6. The molecule has 1 atom stereocenters. The van der Waals surface area contributed by atoms with Crippen molar-refractivity contribution < 1.29 is 18.4 Å². The van der Waals surface area contributed by atoms with Crippen molar-refractivity contribution in [2.45, 2.75) is 12.6 Å². The highest BCUT2D eigenvalue weighted by Crippen LogP contribution is 2.50. The van der Waals surface area contributed by atoms with Gasteiger partial charge in [-0.1, -0.05) is 103 Å². The number of hydrogen-bond donors (Lipinski definition) is 0. The Bertz CT molecular complexity index is 1880. The van der Waals surface area contributed by atoms with Gasteiger partial charge < -0.3 is 18.5 Å². The lowest BCUT2D eigenvalue weighted by atomic mass is 10.1. The van der Waals surface area contributed by atoms with Gasteiger partial charge in [-0.05, 0) is 42.0 Å². The standard InChI is InChI=1S/C35H27N2O4P/c38-35-34(30-21-11-13-23-32(30)37(35)24-26-14-4-1-5-15-26)36-25-33(29-20-10-12-22-31(29)36)42(39,40-27-16-6-2-7-17-27)41-28-18-8-3-9-19-28/h1-23,25,34H,24H2. The topological polar surface area (TPSA) is 60.8 Å². The zero-order valence-corrected chi connectivity index (χ0v) is 23.5. The third kappa shape index (κ3) is 4.66. The first kappa shape index (κ1) is 25.9. The van der Waals surface area contributed by atoms with Gasteiger partial charge in [0.05, 0.1) is 12.1 Å². The molecule has 0 radical (unpaired) electrons. The lowest BCUT2D eigenvalue weighted by Gasteiger charge is -2.20. The molecule has 7 rings (SSSR count). The largest absolute Gasteiger partial charge is 0.465 e. The van der Waals surface area contributed by atoms with Crippen molar-refractivity contribution >= 4 is 35.4 Å². The van der Waals surface area contributed by atoms with Crippen molar-refractivity contribution in [2.75, 3.05) is 4.90 Å². The molecule has 0 spiro atoms. The summed E-state index contributed by atoms with van der Waals surface area (Å²) in [5, 5.41) is 1.08. The molecule has 7 heteroatoms. The van der Waals surface area contributed by atoms with E-state index in [1.165, 1.54) is 0 Å². The van der Waals surface area contributed by atoms with Crippen LogP contribution in [0.2, 0.25) is 0 Å². The van der Waals surface area contributed by atoms with Gasteiger partial charge in [-0.15, -0.1) is 0 Å². The minimum absolute atomic E-state index is 0.0601. The van der Waals surface area contributed by atoms with Crippen LogP contribution in [0.5, 0.6) is 11.5 Å². The van der Waals surface area contributed by atoms with Crippen LogP contribution >= 0.6 is 7.60 Å². The van der Waals surface area contributed by atoms with Crippen molar-refractivity contribution in [3.8, 4) is 11.5 Å². The predicted molar refractivity (Wildman–Crippen MR) is 166 cm³/mol. The Kier molecular flexibility index (Phi) is 6.61. The van der Waals surface area contributed by atoms with Gasteiger partial charge in [-0.2, -0.15) is 0 Å². The van der Waals surface area contributed by atoms with Crippen molar-refractivity contribution in [3.63, 3.8) is 0 Å². The fourth-order valence-corrected chi connectivity index (χ4v) is 7.32. The highest BCUT2D eigenvalue weighted by Gasteiger charge is 2.42. The molecule has 0 N–H and O–H groups in total. The monoisotopic (exact) mass is 570 g/mol. The summed E-state index contributed by atoms with van der Waals surface area (Å²) in [7, 11) is -4.00. The average molecular weight is 571 g/mol. The molecule has 0 saturated heterocycles. The number of amides is 1. The molecule has 0 saturated carbocycles. The van der Waals surface area contributed by atoms with Gasteiger partial charge in [0.15, 0.2) is 0 Å². The smallest absolute Gasteiger partial charge is 0.413 e. The van der Waals surface area contributed by atoms with E-state index in [2.05, 4.69) is 0 Å². The first-order valence-corrected chi connectivity index (χ1v) is 15.3. The first-order chi connectivity index (χ1) is 20.6. The molecule has 1 aliphatic heterocycles. The van der Waals surface area contributed by atoms with Crippen molar-refractivity contribution in [2.24, 2.45) is 0 Å². The van der Waals surface area contributed by atoms with Crippen LogP contribution in [0.4, 0.5) is 5.69 Å².